The number of nitrogens with one attached hydrogen (secondary N) is 3. The molecule has 3 amide bonds. The van der Waals surface area contributed by atoms with Gasteiger partial charge >= 0.3 is 12.1 Å². The Morgan fingerprint density at radius 2 is 1.77 bits per heavy atom. The summed E-state index contributed by atoms with van der Waals surface area (Å²) in [5, 5.41) is 30.8. The second-order valence-corrected chi connectivity index (χ2v) is 8.60. The highest BCUT2D eigenvalue weighted by atomic mass is 16.5. The molecule has 3 aromatic carbocycles. The van der Waals surface area contributed by atoms with E-state index in [4.69, 9.17) is 9.78 Å². The lowest BCUT2D eigenvalue weighted by molar-refractivity contribution is -0.115. The number of methoxy groups -OCH3 is 1. The van der Waals surface area contributed by atoms with Gasteiger partial charge in [-0.3, -0.25) is 14.9 Å². The lowest BCUT2D eigenvalue weighted by atomic mass is 9.96. The summed E-state index contributed by atoms with van der Waals surface area (Å²) in [7, 11) is 1.25. The molecule has 0 aliphatic carbocycles. The Labute approximate surface area is 227 Å². The van der Waals surface area contributed by atoms with Crippen LogP contribution in [0, 0.1) is 18.3 Å². The Balaban J connectivity index is 1.79. The van der Waals surface area contributed by atoms with Gasteiger partial charge < -0.3 is 25.0 Å². The molecule has 0 fully saturated rings. The van der Waals surface area contributed by atoms with Gasteiger partial charge in [-0.2, -0.15) is 5.26 Å². The number of amides is 3. The fraction of sp³-hybridized carbons (Fsp3) is 0.143. The van der Waals surface area contributed by atoms with Gasteiger partial charge in [-0.05, 0) is 54.4 Å². The minimum atomic E-state index is -1.32. The van der Waals surface area contributed by atoms with E-state index in [1.165, 1.54) is 19.2 Å². The number of carboxylic acids is 1. The van der Waals surface area contributed by atoms with Crippen LogP contribution in [0.5, 0.6) is 0 Å². The monoisotopic (exact) mass is 541 g/mol. The molecule has 1 aromatic heterocycles. The summed E-state index contributed by atoms with van der Waals surface area (Å²) in [5.74, 6) is -2.31. The number of carbonyl (C=O) groups is 4. The molecule has 0 aliphatic heterocycles. The average molecular weight is 542 g/mol. The number of hydrogen-bond donors (Lipinski definition) is 4. The van der Waals surface area contributed by atoms with Crippen LogP contribution in [0.3, 0.4) is 0 Å². The first-order valence-electron chi connectivity index (χ1n) is 11.9. The third kappa shape index (κ3) is 5.58. The molecule has 12 heteroatoms. The number of benzene rings is 3. The zero-order valence-electron chi connectivity index (χ0n) is 21.6. The predicted molar refractivity (Wildman–Crippen MR) is 145 cm³/mol. The van der Waals surface area contributed by atoms with Crippen molar-refractivity contribution in [2.75, 3.05) is 23.1 Å². The lowest BCUT2D eigenvalue weighted by Crippen LogP contribution is -2.15. The largest absolute Gasteiger partial charge is 0.478 e. The molecule has 1 heterocycles. The molecule has 4 aromatic rings. The number of aromatic carboxylic acids is 1. The number of nitrogens with zero attached hydrogens (tertiary/aromatic N) is 2. The van der Waals surface area contributed by atoms with E-state index in [0.29, 0.717) is 27.9 Å². The maximum Gasteiger partial charge on any atom is 0.411 e. The van der Waals surface area contributed by atoms with E-state index < -0.39 is 18.0 Å². The minimum Gasteiger partial charge on any atom is -0.478 e. The summed E-state index contributed by atoms with van der Waals surface area (Å²) in [6, 6.07) is 14.0. The fourth-order valence-electron chi connectivity index (χ4n) is 4.01. The standard InChI is InChI=1S/C28H23N5O7/c1-4-24(34)31-22-12-23-20(11-18(22)17-7-6-16(9-14(17)2)30-28(38)39-3)25(33-40-23)26(35)32-21-8-5-15(13-29)10-19(21)27(36)37/h5-12H,4H2,1-3H3,(H,30,38)(H,31,34)(H,32,35)(H,36,37). The predicted octanol–water partition coefficient (Wildman–Crippen LogP) is 5.15. The van der Waals surface area contributed by atoms with Gasteiger partial charge in [-0.25, -0.2) is 9.59 Å². The van der Waals surface area contributed by atoms with E-state index in [9.17, 15) is 24.3 Å². The van der Waals surface area contributed by atoms with Crippen molar-refractivity contribution in [3.8, 4) is 17.2 Å². The summed E-state index contributed by atoms with van der Waals surface area (Å²) in [4.78, 5) is 48.8. The Kier molecular flexibility index (Phi) is 7.76. The summed E-state index contributed by atoms with van der Waals surface area (Å²) in [5.41, 5.74) is 2.82. The molecule has 0 unspecified atom stereocenters. The maximum atomic E-state index is 13.2. The highest BCUT2D eigenvalue weighted by Gasteiger charge is 2.22. The van der Waals surface area contributed by atoms with Gasteiger partial charge in [0, 0.05) is 23.7 Å². The lowest BCUT2D eigenvalue weighted by Gasteiger charge is -2.15. The highest BCUT2D eigenvalue weighted by Crippen LogP contribution is 2.37. The zero-order chi connectivity index (χ0) is 29.0. The van der Waals surface area contributed by atoms with Crippen LogP contribution in [-0.2, 0) is 9.53 Å². The van der Waals surface area contributed by atoms with Gasteiger partial charge in [-0.1, -0.05) is 18.1 Å². The van der Waals surface area contributed by atoms with E-state index in [1.54, 1.807) is 37.3 Å². The van der Waals surface area contributed by atoms with E-state index in [2.05, 4.69) is 25.8 Å². The van der Waals surface area contributed by atoms with Gasteiger partial charge in [-0.15, -0.1) is 0 Å². The quantitative estimate of drug-likeness (QED) is 0.246. The van der Waals surface area contributed by atoms with Crippen LogP contribution >= 0.6 is 0 Å². The van der Waals surface area contributed by atoms with Crippen molar-refractivity contribution in [3.05, 3.63) is 70.9 Å². The van der Waals surface area contributed by atoms with Crippen LogP contribution < -0.4 is 16.0 Å². The SMILES string of the molecule is CCC(=O)Nc1cc2onc(C(=O)Nc3ccc(C#N)cc3C(=O)O)c2cc1-c1ccc(NC(=O)OC)cc1C. The molecule has 202 valence electrons. The van der Waals surface area contributed by atoms with Gasteiger partial charge in [0.25, 0.3) is 5.91 Å². The second-order valence-electron chi connectivity index (χ2n) is 8.60. The molecular formula is C28H23N5O7. The molecule has 0 atom stereocenters. The zero-order valence-corrected chi connectivity index (χ0v) is 21.6. The molecule has 4 rings (SSSR count). The van der Waals surface area contributed by atoms with Crippen molar-refractivity contribution in [2.45, 2.75) is 20.3 Å². The topological polar surface area (TPSA) is 184 Å². The number of hydrogen-bond acceptors (Lipinski definition) is 8. The Bertz CT molecular complexity index is 1720. The molecule has 0 saturated carbocycles. The Morgan fingerprint density at radius 1 is 1.00 bits per heavy atom. The third-order valence-corrected chi connectivity index (χ3v) is 6.00. The number of carboxylic acid groups (broad SMARTS) is 1. The van der Waals surface area contributed by atoms with Gasteiger partial charge in [0.05, 0.1) is 41.1 Å². The normalized spacial score (nSPS) is 10.4. The number of anilines is 3. The van der Waals surface area contributed by atoms with E-state index in [0.717, 1.165) is 11.6 Å². The van der Waals surface area contributed by atoms with Crippen molar-refractivity contribution in [1.29, 1.82) is 5.26 Å². The van der Waals surface area contributed by atoms with Gasteiger partial charge in [0.15, 0.2) is 11.3 Å². The number of aryl methyl sites for hydroxylation is 1. The van der Waals surface area contributed by atoms with Crippen LogP contribution in [0.4, 0.5) is 21.9 Å². The Morgan fingerprint density at radius 3 is 2.42 bits per heavy atom. The van der Waals surface area contributed by atoms with Crippen LogP contribution in [0.2, 0.25) is 0 Å². The highest BCUT2D eigenvalue weighted by molar-refractivity contribution is 6.14. The number of fused-ring (bicyclic) bond motifs is 1. The number of aromatic nitrogens is 1. The summed E-state index contributed by atoms with van der Waals surface area (Å²) >= 11 is 0. The van der Waals surface area contributed by atoms with Crippen LogP contribution in [-0.4, -0.2) is 41.2 Å². The van der Waals surface area contributed by atoms with E-state index in [1.807, 2.05) is 13.0 Å². The molecular weight excluding hydrogens is 518 g/mol. The smallest absolute Gasteiger partial charge is 0.411 e. The first-order chi connectivity index (χ1) is 19.1. The summed E-state index contributed by atoms with van der Waals surface area (Å²) < 4.78 is 10.0. The van der Waals surface area contributed by atoms with E-state index in [-0.39, 0.29) is 40.4 Å². The van der Waals surface area contributed by atoms with Crippen molar-refractivity contribution in [1.82, 2.24) is 5.16 Å². The molecule has 12 nitrogen and oxygen atoms in total. The first kappa shape index (κ1) is 27.3. The van der Waals surface area contributed by atoms with Gasteiger partial charge in [0.1, 0.15) is 0 Å². The molecule has 0 saturated heterocycles. The molecule has 0 radical (unpaired) electrons. The number of ether oxygens (including phenoxy) is 1. The minimum absolute atomic E-state index is 0.0238. The van der Waals surface area contributed by atoms with Crippen molar-refractivity contribution >= 4 is 51.9 Å². The van der Waals surface area contributed by atoms with Gasteiger partial charge in [0.2, 0.25) is 5.91 Å². The van der Waals surface area contributed by atoms with E-state index >= 15 is 0 Å². The van der Waals surface area contributed by atoms with Crippen LogP contribution in [0.1, 0.15) is 45.3 Å². The molecule has 0 spiro atoms. The van der Waals surface area contributed by atoms with Crippen molar-refractivity contribution in [3.63, 3.8) is 0 Å². The maximum absolute atomic E-state index is 13.2. The van der Waals surface area contributed by atoms with Crippen molar-refractivity contribution in [2.24, 2.45) is 0 Å². The molecule has 0 bridgehead atoms. The molecule has 40 heavy (non-hydrogen) atoms. The molecule has 4 N–H and O–H groups in total. The first-order valence-corrected chi connectivity index (χ1v) is 11.9. The Hall–Kier alpha value is -5.70. The number of nitriles is 1. The van der Waals surface area contributed by atoms with Crippen LogP contribution in [0.25, 0.3) is 22.1 Å². The summed E-state index contributed by atoms with van der Waals surface area (Å²) in [6.07, 6.45) is -0.406. The second kappa shape index (κ2) is 11.4. The number of carbonyl (C=O) groups excluding carboxylic acids is 3. The fourth-order valence-corrected chi connectivity index (χ4v) is 4.01. The number of rotatable bonds is 7. The van der Waals surface area contributed by atoms with Crippen LogP contribution in [0.15, 0.2) is 53.1 Å². The summed E-state index contributed by atoms with van der Waals surface area (Å²) in [6.45, 7) is 3.52. The average Bonchev–Trinajstić information content (AvgIpc) is 3.35. The van der Waals surface area contributed by atoms with Crippen molar-refractivity contribution < 1.29 is 33.5 Å². The third-order valence-electron chi connectivity index (χ3n) is 6.00. The molecule has 0 aliphatic rings.